The lowest BCUT2D eigenvalue weighted by Crippen LogP contribution is -2.44. The van der Waals surface area contributed by atoms with Gasteiger partial charge in [0.2, 0.25) is 5.91 Å². The molecule has 1 unspecified atom stereocenters. The first-order valence-electron chi connectivity index (χ1n) is 9.37. The highest BCUT2D eigenvalue weighted by Crippen LogP contribution is 2.52. The number of hydrogen-bond donors (Lipinski definition) is 1. The summed E-state index contributed by atoms with van der Waals surface area (Å²) in [5, 5.41) is 3.66. The van der Waals surface area contributed by atoms with E-state index in [1.807, 2.05) is 42.3 Å². The molecule has 2 aliphatic heterocycles. The molecule has 1 atom stereocenters. The average Bonchev–Trinajstić information content (AvgIpc) is 2.92. The molecule has 0 saturated heterocycles. The maximum atomic E-state index is 13.6. The SMILES string of the molecule is CN1C(=O)C2(C=C(c3ccccc3)NC3=C2CCCC3)c2ccccc21. The summed E-state index contributed by atoms with van der Waals surface area (Å²) in [7, 11) is 1.90. The number of likely N-dealkylation sites (N-methyl/N-ethyl adjacent to an activating group) is 1. The number of anilines is 1. The van der Waals surface area contributed by atoms with E-state index in [9.17, 15) is 4.79 Å². The number of carbonyl (C=O) groups is 1. The molecule has 2 aromatic carbocycles. The molecule has 3 nitrogen and oxygen atoms in total. The molecule has 0 saturated carbocycles. The number of nitrogens with zero attached hydrogens (tertiary/aromatic N) is 1. The zero-order valence-electron chi connectivity index (χ0n) is 15.0. The third-order valence-electron chi connectivity index (χ3n) is 6.01. The van der Waals surface area contributed by atoms with Gasteiger partial charge in [0.25, 0.3) is 0 Å². The van der Waals surface area contributed by atoms with E-state index in [1.165, 1.54) is 17.7 Å². The molecule has 1 spiro atoms. The van der Waals surface area contributed by atoms with E-state index in [0.717, 1.165) is 41.8 Å². The van der Waals surface area contributed by atoms with Gasteiger partial charge in [0.05, 0.1) is 0 Å². The van der Waals surface area contributed by atoms with Gasteiger partial charge in [-0.3, -0.25) is 4.79 Å². The van der Waals surface area contributed by atoms with Crippen molar-refractivity contribution in [3.63, 3.8) is 0 Å². The average molecular weight is 342 g/mol. The Labute approximate surface area is 154 Å². The highest BCUT2D eigenvalue weighted by molar-refractivity contribution is 6.13. The molecule has 130 valence electrons. The Morgan fingerprint density at radius 3 is 2.54 bits per heavy atom. The van der Waals surface area contributed by atoms with Gasteiger partial charge in [0.1, 0.15) is 5.41 Å². The van der Waals surface area contributed by atoms with Crippen molar-refractivity contribution in [3.8, 4) is 0 Å². The number of fused-ring (bicyclic) bond motifs is 3. The zero-order valence-corrected chi connectivity index (χ0v) is 15.0. The summed E-state index contributed by atoms with van der Waals surface area (Å²) in [6, 6.07) is 18.6. The van der Waals surface area contributed by atoms with Gasteiger partial charge in [0.15, 0.2) is 0 Å². The Hall–Kier alpha value is -2.81. The summed E-state index contributed by atoms with van der Waals surface area (Å²) in [6.07, 6.45) is 6.50. The third kappa shape index (κ3) is 1.97. The van der Waals surface area contributed by atoms with E-state index in [0.29, 0.717) is 0 Å². The van der Waals surface area contributed by atoms with Gasteiger partial charge in [-0.05, 0) is 54.5 Å². The highest BCUT2D eigenvalue weighted by Gasteiger charge is 2.53. The van der Waals surface area contributed by atoms with Gasteiger partial charge in [-0.2, -0.15) is 0 Å². The third-order valence-corrected chi connectivity index (χ3v) is 6.01. The monoisotopic (exact) mass is 342 g/mol. The molecule has 3 heteroatoms. The van der Waals surface area contributed by atoms with E-state index in [2.05, 4.69) is 35.7 Å². The first kappa shape index (κ1) is 15.4. The number of dihydropyridines is 1. The van der Waals surface area contributed by atoms with E-state index in [-0.39, 0.29) is 5.91 Å². The molecular weight excluding hydrogens is 320 g/mol. The first-order valence-corrected chi connectivity index (χ1v) is 9.37. The number of hydrogen-bond acceptors (Lipinski definition) is 2. The number of para-hydroxylation sites is 1. The molecular formula is C23H22N2O. The van der Waals surface area contributed by atoms with Crippen LogP contribution in [0.15, 0.2) is 71.9 Å². The molecule has 2 aromatic rings. The normalized spacial score (nSPS) is 24.3. The van der Waals surface area contributed by atoms with E-state index < -0.39 is 5.41 Å². The molecule has 0 aromatic heterocycles. The molecule has 1 amide bonds. The molecule has 0 radical (unpaired) electrons. The van der Waals surface area contributed by atoms with Crippen molar-refractivity contribution in [2.24, 2.45) is 0 Å². The molecule has 1 N–H and O–H groups in total. The van der Waals surface area contributed by atoms with Crippen LogP contribution in [0.2, 0.25) is 0 Å². The topological polar surface area (TPSA) is 32.3 Å². The number of allylic oxidation sites excluding steroid dienone is 1. The summed E-state index contributed by atoms with van der Waals surface area (Å²) >= 11 is 0. The maximum absolute atomic E-state index is 13.6. The van der Waals surface area contributed by atoms with Crippen LogP contribution in [0, 0.1) is 0 Å². The molecule has 26 heavy (non-hydrogen) atoms. The second-order valence-corrected chi connectivity index (χ2v) is 7.40. The lowest BCUT2D eigenvalue weighted by atomic mass is 9.68. The number of benzene rings is 2. The largest absolute Gasteiger partial charge is 0.359 e. The van der Waals surface area contributed by atoms with E-state index >= 15 is 0 Å². The molecule has 2 heterocycles. The Balaban J connectivity index is 1.79. The van der Waals surface area contributed by atoms with Crippen LogP contribution >= 0.6 is 0 Å². The lowest BCUT2D eigenvalue weighted by molar-refractivity contribution is -0.120. The van der Waals surface area contributed by atoms with Gasteiger partial charge < -0.3 is 10.2 Å². The minimum absolute atomic E-state index is 0.169. The predicted octanol–water partition coefficient (Wildman–Crippen LogP) is 4.37. The van der Waals surface area contributed by atoms with Crippen molar-refractivity contribution in [2.75, 3.05) is 11.9 Å². The highest BCUT2D eigenvalue weighted by atomic mass is 16.2. The molecule has 0 bridgehead atoms. The quantitative estimate of drug-likeness (QED) is 0.834. The molecule has 3 aliphatic rings. The predicted molar refractivity (Wildman–Crippen MR) is 105 cm³/mol. The number of amides is 1. The van der Waals surface area contributed by atoms with Crippen LogP contribution in [0.4, 0.5) is 5.69 Å². The van der Waals surface area contributed by atoms with Crippen molar-refractivity contribution < 1.29 is 4.79 Å². The lowest BCUT2D eigenvalue weighted by Gasteiger charge is -2.38. The van der Waals surface area contributed by atoms with Crippen LogP contribution in [0.5, 0.6) is 0 Å². The smallest absolute Gasteiger partial charge is 0.245 e. The van der Waals surface area contributed by atoms with E-state index in [4.69, 9.17) is 0 Å². The van der Waals surface area contributed by atoms with E-state index in [1.54, 1.807) is 0 Å². The Kier molecular flexibility index (Phi) is 3.33. The summed E-state index contributed by atoms with van der Waals surface area (Å²) < 4.78 is 0. The van der Waals surface area contributed by atoms with Crippen molar-refractivity contribution in [3.05, 3.63) is 83.1 Å². The van der Waals surface area contributed by atoms with Crippen molar-refractivity contribution in [1.29, 1.82) is 0 Å². The van der Waals surface area contributed by atoms with Crippen LogP contribution in [0.3, 0.4) is 0 Å². The van der Waals surface area contributed by atoms with Gasteiger partial charge >= 0.3 is 0 Å². The molecule has 1 aliphatic carbocycles. The summed E-state index contributed by atoms with van der Waals surface area (Å²) in [5.74, 6) is 0.169. The molecule has 5 rings (SSSR count). The zero-order chi connectivity index (χ0) is 17.7. The number of carbonyl (C=O) groups excluding carboxylic acids is 1. The van der Waals surface area contributed by atoms with Crippen LogP contribution in [0.1, 0.15) is 36.8 Å². The Morgan fingerprint density at radius 2 is 1.69 bits per heavy atom. The van der Waals surface area contributed by atoms with Crippen molar-refractivity contribution >= 4 is 17.3 Å². The summed E-state index contributed by atoms with van der Waals surface area (Å²) in [4.78, 5) is 15.4. The summed E-state index contributed by atoms with van der Waals surface area (Å²) in [6.45, 7) is 0. The van der Waals surface area contributed by atoms with Crippen LogP contribution in [-0.4, -0.2) is 13.0 Å². The van der Waals surface area contributed by atoms with Gasteiger partial charge in [-0.15, -0.1) is 0 Å². The fourth-order valence-electron chi connectivity index (χ4n) is 4.77. The number of rotatable bonds is 1. The van der Waals surface area contributed by atoms with Crippen LogP contribution in [0.25, 0.3) is 5.70 Å². The number of nitrogens with one attached hydrogen (secondary N) is 1. The van der Waals surface area contributed by atoms with Crippen LogP contribution in [-0.2, 0) is 10.2 Å². The van der Waals surface area contributed by atoms with Gasteiger partial charge in [-0.1, -0.05) is 48.5 Å². The minimum atomic E-state index is -0.655. The molecule has 0 fully saturated rings. The second-order valence-electron chi connectivity index (χ2n) is 7.40. The van der Waals surface area contributed by atoms with Crippen LogP contribution < -0.4 is 10.2 Å². The fraction of sp³-hybridized carbons (Fsp3) is 0.261. The van der Waals surface area contributed by atoms with Crippen molar-refractivity contribution in [1.82, 2.24) is 5.32 Å². The maximum Gasteiger partial charge on any atom is 0.245 e. The standard InChI is InChI=1S/C23H22N2O/c1-25-21-14-8-6-12-18(21)23(22(25)26)15-20(16-9-3-2-4-10-16)24-19-13-7-5-11-17(19)23/h2-4,6,8-10,12,14-15,24H,5,7,11,13H2,1H3. The van der Waals surface area contributed by atoms with Crippen molar-refractivity contribution in [2.45, 2.75) is 31.1 Å². The Bertz CT molecular complexity index is 957. The van der Waals surface area contributed by atoms with Gasteiger partial charge in [-0.25, -0.2) is 0 Å². The Morgan fingerprint density at radius 1 is 0.962 bits per heavy atom. The minimum Gasteiger partial charge on any atom is -0.359 e. The fourth-order valence-corrected chi connectivity index (χ4v) is 4.77. The van der Waals surface area contributed by atoms with Gasteiger partial charge in [0, 0.05) is 24.1 Å². The summed E-state index contributed by atoms with van der Waals surface area (Å²) in [5.41, 5.74) is 6.18. The first-order chi connectivity index (χ1) is 12.7. The second kappa shape index (κ2) is 5.60.